The molecule has 146 valence electrons. The second-order valence-electron chi connectivity index (χ2n) is 6.32. The Kier molecular flexibility index (Phi) is 15.8. The van der Waals surface area contributed by atoms with Crippen LogP contribution in [-0.4, -0.2) is 49.5 Å². The summed E-state index contributed by atoms with van der Waals surface area (Å²) in [6.45, 7) is 9.72. The van der Waals surface area contributed by atoms with Gasteiger partial charge < -0.3 is 14.7 Å². The summed E-state index contributed by atoms with van der Waals surface area (Å²) >= 11 is 10.3. The number of piperidine rings is 1. The number of β-amino-alcohol motifs (C(OH)–C–C–N with tert-alkyl or cyclic N) is 1. The van der Waals surface area contributed by atoms with Gasteiger partial charge in [0.15, 0.2) is 0 Å². The van der Waals surface area contributed by atoms with E-state index >= 15 is 0 Å². The summed E-state index contributed by atoms with van der Waals surface area (Å²) in [5.74, 6) is 0. The van der Waals surface area contributed by atoms with E-state index < -0.39 is 0 Å². The van der Waals surface area contributed by atoms with Gasteiger partial charge in [0.05, 0.1) is 12.7 Å². The van der Waals surface area contributed by atoms with Gasteiger partial charge in [-0.1, -0.05) is 49.6 Å². The molecule has 1 aliphatic heterocycles. The average Bonchev–Trinajstić information content (AvgIpc) is 2.57. The predicted molar refractivity (Wildman–Crippen MR) is 114 cm³/mol. The molecule has 0 amide bonds. The van der Waals surface area contributed by atoms with Crippen LogP contribution in [0.4, 0.5) is 0 Å². The molecule has 0 aromatic carbocycles. The number of halogens is 1. The van der Waals surface area contributed by atoms with Crippen molar-refractivity contribution in [1.82, 2.24) is 4.90 Å². The van der Waals surface area contributed by atoms with Gasteiger partial charge >= 0.3 is 0 Å². The van der Waals surface area contributed by atoms with Crippen LogP contribution in [0.3, 0.4) is 0 Å². The van der Waals surface area contributed by atoms with Gasteiger partial charge in [-0.15, -0.1) is 12.6 Å². The molecule has 0 radical (unpaired) electrons. The summed E-state index contributed by atoms with van der Waals surface area (Å²) in [6, 6.07) is 0. The summed E-state index contributed by atoms with van der Waals surface area (Å²) < 4.78 is 4.87. The Labute approximate surface area is 165 Å². The molecule has 1 unspecified atom stereocenters. The highest BCUT2D eigenvalue weighted by Crippen LogP contribution is 2.20. The van der Waals surface area contributed by atoms with Gasteiger partial charge in [0, 0.05) is 23.6 Å². The highest BCUT2D eigenvalue weighted by Gasteiger charge is 2.13. The average molecular weight is 390 g/mol. The highest BCUT2D eigenvalue weighted by atomic mass is 35.5. The van der Waals surface area contributed by atoms with E-state index in [1.54, 1.807) is 7.11 Å². The number of methoxy groups -OCH3 is 1. The molecule has 1 N–H and O–H groups in total. The molecule has 0 aromatic heterocycles. The first-order valence-electron chi connectivity index (χ1n) is 9.27. The molecular weight excluding hydrogens is 354 g/mol. The maximum atomic E-state index is 9.43. The largest absolute Gasteiger partial charge is 0.389 e. The molecule has 1 fully saturated rings. The lowest BCUT2D eigenvalue weighted by Crippen LogP contribution is -2.37. The Balaban J connectivity index is 0.000000462. The van der Waals surface area contributed by atoms with Crippen LogP contribution in [0.1, 0.15) is 52.9 Å². The van der Waals surface area contributed by atoms with E-state index in [4.69, 9.17) is 16.3 Å². The number of aliphatic hydroxyl groups is 1. The zero-order valence-corrected chi connectivity index (χ0v) is 18.0. The van der Waals surface area contributed by atoms with E-state index in [0.717, 1.165) is 42.4 Å². The van der Waals surface area contributed by atoms with E-state index in [2.05, 4.69) is 44.4 Å². The number of ether oxygens (including phenoxy) is 1. The molecular formula is C20H36ClNO2S. The monoisotopic (exact) mass is 389 g/mol. The first-order valence-corrected chi connectivity index (χ1v) is 10.1. The van der Waals surface area contributed by atoms with Crippen molar-refractivity contribution < 1.29 is 9.84 Å². The van der Waals surface area contributed by atoms with Gasteiger partial charge in [0.2, 0.25) is 0 Å². The molecule has 0 spiro atoms. The molecule has 1 rings (SSSR count). The molecule has 5 heteroatoms. The van der Waals surface area contributed by atoms with Crippen LogP contribution in [-0.2, 0) is 4.74 Å². The summed E-state index contributed by atoms with van der Waals surface area (Å²) in [6.07, 6.45) is 11.7. The van der Waals surface area contributed by atoms with E-state index in [9.17, 15) is 5.11 Å². The molecule has 0 bridgehead atoms. The normalized spacial score (nSPS) is 18.6. The minimum absolute atomic E-state index is 0.312. The molecule has 1 aliphatic rings. The quantitative estimate of drug-likeness (QED) is 0.443. The highest BCUT2D eigenvalue weighted by molar-refractivity contribution is 7.85. The number of allylic oxidation sites excluding steroid dienone is 5. The Morgan fingerprint density at radius 2 is 1.80 bits per heavy atom. The number of thiol groups is 1. The third-order valence-electron chi connectivity index (χ3n) is 3.80. The Bertz CT molecular complexity index is 429. The van der Waals surface area contributed by atoms with Crippen molar-refractivity contribution in [2.75, 3.05) is 33.4 Å². The zero-order valence-electron chi connectivity index (χ0n) is 16.3. The van der Waals surface area contributed by atoms with Crippen LogP contribution in [0, 0.1) is 0 Å². The van der Waals surface area contributed by atoms with Crippen LogP contribution in [0.25, 0.3) is 0 Å². The summed E-state index contributed by atoms with van der Waals surface area (Å²) in [4.78, 5) is 3.15. The maximum absolute atomic E-state index is 9.43. The topological polar surface area (TPSA) is 32.7 Å². The van der Waals surface area contributed by atoms with Gasteiger partial charge in [-0.05, 0) is 51.8 Å². The van der Waals surface area contributed by atoms with Crippen molar-refractivity contribution in [1.29, 1.82) is 0 Å². The zero-order chi connectivity index (χ0) is 19.1. The number of nitrogens with zero attached hydrogens (tertiary/aromatic N) is 1. The number of likely N-dealkylation sites (tertiary alicyclic amines) is 1. The van der Waals surface area contributed by atoms with E-state index in [-0.39, 0.29) is 6.10 Å². The lowest BCUT2D eigenvalue weighted by atomic mass is 10.1. The molecule has 0 saturated carbocycles. The summed E-state index contributed by atoms with van der Waals surface area (Å²) in [5, 5.41) is 10.2. The van der Waals surface area contributed by atoms with Crippen molar-refractivity contribution >= 4 is 24.2 Å². The van der Waals surface area contributed by atoms with Crippen LogP contribution in [0.5, 0.6) is 0 Å². The van der Waals surface area contributed by atoms with Crippen molar-refractivity contribution in [3.63, 3.8) is 0 Å². The Hall–Kier alpha value is -0.260. The minimum atomic E-state index is -0.312. The fourth-order valence-electron chi connectivity index (χ4n) is 2.63. The smallest absolute Gasteiger partial charge is 0.0900 e. The molecule has 0 aliphatic carbocycles. The number of rotatable bonds is 8. The summed E-state index contributed by atoms with van der Waals surface area (Å²) in [7, 11) is 1.62. The van der Waals surface area contributed by atoms with Crippen LogP contribution < -0.4 is 0 Å². The molecule has 25 heavy (non-hydrogen) atoms. The van der Waals surface area contributed by atoms with Gasteiger partial charge in [0.25, 0.3) is 0 Å². The van der Waals surface area contributed by atoms with Gasteiger partial charge in [-0.25, -0.2) is 0 Å². The number of hydrogen-bond donors (Lipinski definition) is 2. The molecule has 3 nitrogen and oxygen atoms in total. The molecule has 1 atom stereocenters. The lowest BCUT2D eigenvalue weighted by molar-refractivity contribution is 0.0335. The van der Waals surface area contributed by atoms with Gasteiger partial charge in [0.1, 0.15) is 0 Å². The number of aliphatic hydroxyl groups excluding tert-OH is 1. The standard InChI is InChI=1S/C11H17ClS.C9H19NO2/c1-4-6-9(3)8-11(13)10(12)7-5-2;1-12-8-9(11)7-10-5-3-2-4-6-10/h6-8,13H,4-5H2,1-3H3;9,11H,2-8H2,1H3/b9-6+,10-7+,11-8-;. The van der Waals surface area contributed by atoms with Crippen molar-refractivity contribution in [3.8, 4) is 0 Å². The second kappa shape index (κ2) is 16.0. The second-order valence-corrected chi connectivity index (χ2v) is 7.21. The van der Waals surface area contributed by atoms with Crippen LogP contribution in [0.2, 0.25) is 0 Å². The van der Waals surface area contributed by atoms with Crippen molar-refractivity contribution in [2.45, 2.75) is 59.0 Å². The lowest BCUT2D eigenvalue weighted by Gasteiger charge is -2.28. The van der Waals surface area contributed by atoms with Gasteiger partial charge in [-0.2, -0.15) is 0 Å². The molecule has 1 saturated heterocycles. The number of hydrogen-bond acceptors (Lipinski definition) is 4. The van der Waals surface area contributed by atoms with Crippen molar-refractivity contribution in [2.24, 2.45) is 0 Å². The SMILES string of the molecule is CC/C=C(C)/C=C(S)/C(Cl)=C\CC.COCC(O)CN1CCCCC1. The fourth-order valence-corrected chi connectivity index (χ4v) is 3.14. The van der Waals surface area contributed by atoms with Crippen molar-refractivity contribution in [3.05, 3.63) is 33.7 Å². The molecule has 0 aromatic rings. The Morgan fingerprint density at radius 3 is 2.32 bits per heavy atom. The van der Waals surface area contributed by atoms with Crippen LogP contribution >= 0.6 is 24.2 Å². The first kappa shape index (κ1) is 24.7. The van der Waals surface area contributed by atoms with E-state index in [1.807, 2.05) is 12.2 Å². The van der Waals surface area contributed by atoms with Crippen LogP contribution in [0.15, 0.2) is 33.7 Å². The predicted octanol–water partition coefficient (Wildman–Crippen LogP) is 5.17. The maximum Gasteiger partial charge on any atom is 0.0900 e. The fraction of sp³-hybridized carbons (Fsp3) is 0.700. The van der Waals surface area contributed by atoms with E-state index in [1.165, 1.54) is 24.8 Å². The first-order chi connectivity index (χ1) is 11.9. The minimum Gasteiger partial charge on any atom is -0.389 e. The van der Waals surface area contributed by atoms with Gasteiger partial charge in [-0.3, -0.25) is 0 Å². The Morgan fingerprint density at radius 1 is 1.20 bits per heavy atom. The summed E-state index contributed by atoms with van der Waals surface area (Å²) in [5.41, 5.74) is 1.20. The molecule has 1 heterocycles. The van der Waals surface area contributed by atoms with E-state index in [0.29, 0.717) is 6.61 Å². The third kappa shape index (κ3) is 13.6. The third-order valence-corrected chi connectivity index (χ3v) is 4.65.